The molecule has 2 rings (SSSR count). The van der Waals surface area contributed by atoms with E-state index in [1.54, 1.807) is 6.07 Å². The number of hydrogen-bond acceptors (Lipinski definition) is 4. The molecule has 0 aliphatic carbocycles. The Morgan fingerprint density at radius 2 is 2.39 bits per heavy atom. The number of nitrogens with zero attached hydrogens (tertiary/aromatic N) is 1. The molecule has 1 aliphatic heterocycles. The van der Waals surface area contributed by atoms with Gasteiger partial charge in [0.15, 0.2) is 11.6 Å². The van der Waals surface area contributed by atoms with Crippen LogP contribution < -0.4 is 4.74 Å². The van der Waals surface area contributed by atoms with E-state index >= 15 is 0 Å². The third kappa shape index (κ3) is 2.98. The van der Waals surface area contributed by atoms with Crippen LogP contribution in [0, 0.1) is 5.82 Å². The van der Waals surface area contributed by atoms with Crippen LogP contribution in [0.3, 0.4) is 0 Å². The van der Waals surface area contributed by atoms with E-state index in [9.17, 15) is 9.50 Å². The summed E-state index contributed by atoms with van der Waals surface area (Å²) in [6.45, 7) is 2.58. The normalized spacial score (nSPS) is 20.9. The van der Waals surface area contributed by atoms with E-state index < -0.39 is 0 Å². The Hall–Kier alpha value is -1.17. The van der Waals surface area contributed by atoms with Crippen LogP contribution in [-0.4, -0.2) is 49.5 Å². The second-order valence-electron chi connectivity index (χ2n) is 4.35. The molecule has 0 amide bonds. The van der Waals surface area contributed by atoms with E-state index in [-0.39, 0.29) is 24.2 Å². The van der Waals surface area contributed by atoms with Gasteiger partial charge < -0.3 is 14.6 Å². The Labute approximate surface area is 106 Å². The van der Waals surface area contributed by atoms with Gasteiger partial charge in [-0.3, -0.25) is 4.90 Å². The Kier molecular flexibility index (Phi) is 4.52. The summed E-state index contributed by atoms with van der Waals surface area (Å²) in [6, 6.07) is 4.93. The van der Waals surface area contributed by atoms with Crippen molar-refractivity contribution < 1.29 is 19.0 Å². The highest BCUT2D eigenvalue weighted by atomic mass is 19.1. The maximum atomic E-state index is 13.6. The predicted molar refractivity (Wildman–Crippen MR) is 65.1 cm³/mol. The molecule has 0 bridgehead atoms. The SMILES string of the molecule is COc1ccc(CN2CCOCC2CO)cc1F. The highest BCUT2D eigenvalue weighted by Gasteiger charge is 2.22. The van der Waals surface area contributed by atoms with Crippen LogP contribution in [0.2, 0.25) is 0 Å². The zero-order valence-electron chi connectivity index (χ0n) is 10.4. The smallest absolute Gasteiger partial charge is 0.165 e. The highest BCUT2D eigenvalue weighted by Crippen LogP contribution is 2.20. The van der Waals surface area contributed by atoms with Crippen LogP contribution in [0.4, 0.5) is 4.39 Å². The third-order valence-electron chi connectivity index (χ3n) is 3.16. The van der Waals surface area contributed by atoms with Crippen molar-refractivity contribution in [2.75, 3.05) is 33.5 Å². The topological polar surface area (TPSA) is 41.9 Å². The molecule has 5 heteroatoms. The molecule has 1 aliphatic rings. The minimum atomic E-state index is -0.358. The molecule has 1 aromatic rings. The van der Waals surface area contributed by atoms with Gasteiger partial charge in [0.2, 0.25) is 0 Å². The average molecular weight is 255 g/mol. The van der Waals surface area contributed by atoms with Crippen molar-refractivity contribution in [3.8, 4) is 5.75 Å². The molecule has 0 aromatic heterocycles. The fourth-order valence-electron chi connectivity index (χ4n) is 2.11. The van der Waals surface area contributed by atoms with E-state index in [2.05, 4.69) is 4.90 Å². The van der Waals surface area contributed by atoms with Gasteiger partial charge in [0.05, 0.1) is 33.0 Å². The van der Waals surface area contributed by atoms with Gasteiger partial charge >= 0.3 is 0 Å². The first kappa shape index (κ1) is 13.3. The van der Waals surface area contributed by atoms with Crippen LogP contribution in [0.15, 0.2) is 18.2 Å². The Bertz CT molecular complexity index is 400. The molecular formula is C13H18FNO3. The van der Waals surface area contributed by atoms with E-state index in [1.165, 1.54) is 13.2 Å². The zero-order chi connectivity index (χ0) is 13.0. The second-order valence-corrected chi connectivity index (χ2v) is 4.35. The molecule has 1 unspecified atom stereocenters. The van der Waals surface area contributed by atoms with Crippen LogP contribution in [0.1, 0.15) is 5.56 Å². The highest BCUT2D eigenvalue weighted by molar-refractivity contribution is 5.29. The van der Waals surface area contributed by atoms with E-state index in [1.807, 2.05) is 6.07 Å². The third-order valence-corrected chi connectivity index (χ3v) is 3.16. The molecule has 1 saturated heterocycles. The van der Waals surface area contributed by atoms with Crippen molar-refractivity contribution in [2.45, 2.75) is 12.6 Å². The molecular weight excluding hydrogens is 237 g/mol. The minimum Gasteiger partial charge on any atom is -0.494 e. The lowest BCUT2D eigenvalue weighted by Gasteiger charge is -2.34. The van der Waals surface area contributed by atoms with Crippen LogP contribution in [-0.2, 0) is 11.3 Å². The lowest BCUT2D eigenvalue weighted by Crippen LogP contribution is -2.46. The van der Waals surface area contributed by atoms with E-state index in [4.69, 9.17) is 9.47 Å². The van der Waals surface area contributed by atoms with Gasteiger partial charge in [-0.05, 0) is 17.7 Å². The van der Waals surface area contributed by atoms with Crippen molar-refractivity contribution in [3.63, 3.8) is 0 Å². The van der Waals surface area contributed by atoms with Gasteiger partial charge in [0.25, 0.3) is 0 Å². The summed E-state index contributed by atoms with van der Waals surface area (Å²) in [7, 11) is 1.45. The molecule has 4 nitrogen and oxygen atoms in total. The molecule has 1 aromatic carbocycles. The lowest BCUT2D eigenvalue weighted by molar-refractivity contribution is -0.0312. The van der Waals surface area contributed by atoms with E-state index in [0.717, 1.165) is 12.1 Å². The number of ether oxygens (including phenoxy) is 2. The van der Waals surface area contributed by atoms with Gasteiger partial charge in [-0.2, -0.15) is 0 Å². The average Bonchev–Trinajstić information content (AvgIpc) is 2.39. The van der Waals surface area contributed by atoms with Gasteiger partial charge in [0, 0.05) is 13.1 Å². The quantitative estimate of drug-likeness (QED) is 0.872. The first-order valence-electron chi connectivity index (χ1n) is 5.99. The van der Waals surface area contributed by atoms with Crippen LogP contribution in [0.5, 0.6) is 5.75 Å². The predicted octanol–water partition coefficient (Wildman–Crippen LogP) is 1.03. The number of benzene rings is 1. The van der Waals surface area contributed by atoms with Crippen molar-refractivity contribution in [1.82, 2.24) is 4.90 Å². The summed E-state index contributed by atoms with van der Waals surface area (Å²) < 4.78 is 23.8. The molecule has 1 heterocycles. The lowest BCUT2D eigenvalue weighted by atomic mass is 10.1. The summed E-state index contributed by atoms with van der Waals surface area (Å²) in [5.41, 5.74) is 0.869. The Balaban J connectivity index is 2.05. The number of hydrogen-bond donors (Lipinski definition) is 1. The van der Waals surface area contributed by atoms with Gasteiger partial charge in [-0.15, -0.1) is 0 Å². The van der Waals surface area contributed by atoms with Crippen molar-refractivity contribution >= 4 is 0 Å². The van der Waals surface area contributed by atoms with Crippen molar-refractivity contribution in [3.05, 3.63) is 29.6 Å². The fourth-order valence-corrected chi connectivity index (χ4v) is 2.11. The summed E-state index contributed by atoms with van der Waals surface area (Å²) in [4.78, 5) is 2.10. The summed E-state index contributed by atoms with van der Waals surface area (Å²) in [5, 5.41) is 9.26. The number of rotatable bonds is 4. The number of aliphatic hydroxyl groups excluding tert-OH is 1. The molecule has 18 heavy (non-hydrogen) atoms. The molecule has 0 spiro atoms. The van der Waals surface area contributed by atoms with E-state index in [0.29, 0.717) is 19.8 Å². The van der Waals surface area contributed by atoms with Crippen molar-refractivity contribution in [2.24, 2.45) is 0 Å². The van der Waals surface area contributed by atoms with Crippen LogP contribution >= 0.6 is 0 Å². The van der Waals surface area contributed by atoms with Gasteiger partial charge in [0.1, 0.15) is 0 Å². The molecule has 0 radical (unpaired) electrons. The van der Waals surface area contributed by atoms with Gasteiger partial charge in [-0.1, -0.05) is 6.07 Å². The molecule has 100 valence electrons. The first-order valence-corrected chi connectivity index (χ1v) is 5.99. The summed E-state index contributed by atoms with van der Waals surface area (Å²) in [5.74, 6) is -0.108. The number of methoxy groups -OCH3 is 1. The second kappa shape index (κ2) is 6.13. The number of morpholine rings is 1. The Morgan fingerprint density at radius 3 is 3.06 bits per heavy atom. The van der Waals surface area contributed by atoms with Crippen LogP contribution in [0.25, 0.3) is 0 Å². The molecule has 0 saturated carbocycles. The molecule has 1 atom stereocenters. The maximum Gasteiger partial charge on any atom is 0.165 e. The zero-order valence-corrected chi connectivity index (χ0v) is 10.4. The minimum absolute atomic E-state index is 0.0103. The largest absolute Gasteiger partial charge is 0.494 e. The summed E-state index contributed by atoms with van der Waals surface area (Å²) in [6.07, 6.45) is 0. The van der Waals surface area contributed by atoms with Gasteiger partial charge in [-0.25, -0.2) is 4.39 Å². The maximum absolute atomic E-state index is 13.6. The first-order chi connectivity index (χ1) is 8.74. The number of aliphatic hydroxyl groups is 1. The summed E-state index contributed by atoms with van der Waals surface area (Å²) >= 11 is 0. The fraction of sp³-hybridized carbons (Fsp3) is 0.538. The Morgan fingerprint density at radius 1 is 1.56 bits per heavy atom. The number of halogens is 1. The van der Waals surface area contributed by atoms with Crippen molar-refractivity contribution in [1.29, 1.82) is 0 Å². The molecule has 1 N–H and O–H groups in total. The monoisotopic (exact) mass is 255 g/mol. The molecule has 1 fully saturated rings. The standard InChI is InChI=1S/C13H18FNO3/c1-17-13-3-2-10(6-12(13)14)7-15-4-5-18-9-11(15)8-16/h2-3,6,11,16H,4-5,7-9H2,1H3.